The number of methoxy groups -OCH3 is 1. The van der Waals surface area contributed by atoms with Gasteiger partial charge >= 0.3 is 0 Å². The lowest BCUT2D eigenvalue weighted by Crippen LogP contribution is -2.42. The zero-order valence-corrected chi connectivity index (χ0v) is 18.7. The van der Waals surface area contributed by atoms with E-state index in [4.69, 9.17) is 4.74 Å². The van der Waals surface area contributed by atoms with E-state index in [-0.39, 0.29) is 16.7 Å². The first-order chi connectivity index (χ1) is 15.5. The van der Waals surface area contributed by atoms with Crippen LogP contribution in [-0.4, -0.2) is 48.6 Å². The van der Waals surface area contributed by atoms with Gasteiger partial charge in [0.15, 0.2) is 0 Å². The van der Waals surface area contributed by atoms with E-state index in [0.29, 0.717) is 38.2 Å². The molecule has 0 bridgehead atoms. The number of nitrogens with one attached hydrogen (secondary N) is 1. The number of hydrogen-bond acceptors (Lipinski definition) is 5. The highest BCUT2D eigenvalue weighted by Gasteiger charge is 2.32. The van der Waals surface area contributed by atoms with E-state index in [0.717, 1.165) is 11.3 Å². The lowest BCUT2D eigenvalue weighted by atomic mass is 9.97. The van der Waals surface area contributed by atoms with Crippen molar-refractivity contribution < 1.29 is 17.9 Å². The van der Waals surface area contributed by atoms with Crippen LogP contribution in [0.5, 0.6) is 5.75 Å². The third-order valence-corrected chi connectivity index (χ3v) is 7.61. The first-order valence-corrected chi connectivity index (χ1v) is 11.9. The molecule has 2 heterocycles. The van der Waals surface area contributed by atoms with Crippen molar-refractivity contribution in [2.24, 2.45) is 5.92 Å². The van der Waals surface area contributed by atoms with Crippen LogP contribution in [0.2, 0.25) is 0 Å². The predicted octanol–water partition coefficient (Wildman–Crippen LogP) is 2.60. The Hall–Kier alpha value is -3.17. The minimum absolute atomic E-state index is 0.0392. The molecule has 1 N–H and O–H groups in total. The van der Waals surface area contributed by atoms with Crippen molar-refractivity contribution in [3.8, 4) is 11.4 Å². The summed E-state index contributed by atoms with van der Waals surface area (Å²) in [5.41, 5.74) is 1.95. The molecule has 0 saturated carbocycles. The Bertz CT molecular complexity index is 1140. The first-order valence-electron chi connectivity index (χ1n) is 10.5. The average molecular weight is 455 g/mol. The van der Waals surface area contributed by atoms with Crippen molar-refractivity contribution in [1.82, 2.24) is 19.4 Å². The molecule has 4 rings (SSSR count). The van der Waals surface area contributed by atoms with Gasteiger partial charge in [0.05, 0.1) is 17.7 Å². The normalized spacial score (nSPS) is 15.4. The molecule has 0 unspecified atom stereocenters. The number of carbonyl (C=O) groups is 1. The Morgan fingerprint density at radius 2 is 1.78 bits per heavy atom. The van der Waals surface area contributed by atoms with Gasteiger partial charge in [0, 0.05) is 37.9 Å². The van der Waals surface area contributed by atoms with Crippen molar-refractivity contribution >= 4 is 15.9 Å². The Morgan fingerprint density at radius 1 is 1.09 bits per heavy atom. The van der Waals surface area contributed by atoms with Crippen LogP contribution in [0.15, 0.2) is 71.9 Å². The van der Waals surface area contributed by atoms with Gasteiger partial charge in [0.2, 0.25) is 15.9 Å². The topological polar surface area (TPSA) is 93.5 Å². The first kappa shape index (κ1) is 22.0. The van der Waals surface area contributed by atoms with Crippen LogP contribution in [-0.2, 0) is 21.4 Å². The number of nitrogens with zero attached hydrogens (tertiary/aromatic N) is 3. The molecule has 8 nitrogen and oxygen atoms in total. The molecule has 0 spiro atoms. The smallest absolute Gasteiger partial charge is 0.243 e. The van der Waals surface area contributed by atoms with Gasteiger partial charge in [-0.2, -0.15) is 9.40 Å². The number of hydrogen-bond donors (Lipinski definition) is 1. The molecule has 1 fully saturated rings. The fourth-order valence-electron chi connectivity index (χ4n) is 3.78. The molecule has 1 aliphatic heterocycles. The number of amides is 1. The largest absolute Gasteiger partial charge is 0.497 e. The highest BCUT2D eigenvalue weighted by molar-refractivity contribution is 7.89. The van der Waals surface area contributed by atoms with Crippen molar-refractivity contribution in [2.75, 3.05) is 20.2 Å². The number of aromatic nitrogens is 2. The van der Waals surface area contributed by atoms with Crippen molar-refractivity contribution in [3.63, 3.8) is 0 Å². The van der Waals surface area contributed by atoms with E-state index in [9.17, 15) is 13.2 Å². The Morgan fingerprint density at radius 3 is 2.38 bits per heavy atom. The molecule has 0 aliphatic carbocycles. The summed E-state index contributed by atoms with van der Waals surface area (Å²) >= 11 is 0. The molecule has 32 heavy (non-hydrogen) atoms. The van der Waals surface area contributed by atoms with Gasteiger partial charge in [-0.05, 0) is 60.9 Å². The number of carbonyl (C=O) groups excluding carboxylic acids is 1. The second-order valence-electron chi connectivity index (χ2n) is 7.69. The molecular formula is C23H26N4O4S. The molecular weight excluding hydrogens is 428 g/mol. The van der Waals surface area contributed by atoms with E-state index < -0.39 is 10.0 Å². The van der Waals surface area contributed by atoms with Gasteiger partial charge in [-0.1, -0.05) is 12.1 Å². The van der Waals surface area contributed by atoms with E-state index in [1.165, 1.54) is 11.4 Å². The van der Waals surface area contributed by atoms with Crippen LogP contribution in [0.1, 0.15) is 18.4 Å². The van der Waals surface area contributed by atoms with Crippen LogP contribution >= 0.6 is 0 Å². The SMILES string of the molecule is COc1ccc(S(=O)(=O)N2CCC(C(=O)NCc3ccc(-n4cccn4)cc3)CC2)cc1. The molecule has 0 atom stereocenters. The molecule has 1 aliphatic rings. The summed E-state index contributed by atoms with van der Waals surface area (Å²) in [6.45, 7) is 1.08. The number of sulfonamides is 1. The summed E-state index contributed by atoms with van der Waals surface area (Å²) in [7, 11) is -2.04. The lowest BCUT2D eigenvalue weighted by molar-refractivity contribution is -0.126. The standard InChI is InChI=1S/C23H26N4O4S/c1-31-21-7-9-22(10-8-21)32(29,30)26-15-11-19(12-16-26)23(28)24-17-18-3-5-20(6-4-18)27-14-2-13-25-27/h2-10,13-14,19H,11-12,15-17H2,1H3,(H,24,28). The molecule has 1 aromatic heterocycles. The van der Waals surface area contributed by atoms with Crippen molar-refractivity contribution in [1.29, 1.82) is 0 Å². The highest BCUT2D eigenvalue weighted by Crippen LogP contribution is 2.25. The lowest BCUT2D eigenvalue weighted by Gasteiger charge is -2.30. The van der Waals surface area contributed by atoms with Gasteiger partial charge in [-0.15, -0.1) is 0 Å². The highest BCUT2D eigenvalue weighted by atomic mass is 32.2. The van der Waals surface area contributed by atoms with Crippen molar-refractivity contribution in [3.05, 3.63) is 72.6 Å². The van der Waals surface area contributed by atoms with Crippen LogP contribution in [0, 0.1) is 5.92 Å². The van der Waals surface area contributed by atoms with E-state index in [1.54, 1.807) is 35.1 Å². The van der Waals surface area contributed by atoms with Crippen molar-refractivity contribution in [2.45, 2.75) is 24.3 Å². The Balaban J connectivity index is 1.28. The van der Waals surface area contributed by atoms with Crippen LogP contribution in [0.4, 0.5) is 0 Å². The summed E-state index contributed by atoms with van der Waals surface area (Å²) in [5, 5.41) is 7.17. The van der Waals surface area contributed by atoms with Crippen LogP contribution in [0.25, 0.3) is 5.69 Å². The van der Waals surface area contributed by atoms with Gasteiger partial charge < -0.3 is 10.1 Å². The van der Waals surface area contributed by atoms with Gasteiger partial charge in [-0.25, -0.2) is 13.1 Å². The fraction of sp³-hybridized carbons (Fsp3) is 0.304. The maximum Gasteiger partial charge on any atom is 0.243 e. The summed E-state index contributed by atoms with van der Waals surface area (Å²) in [5.74, 6) is 0.374. The summed E-state index contributed by atoms with van der Waals surface area (Å²) in [4.78, 5) is 12.9. The third kappa shape index (κ3) is 4.84. The summed E-state index contributed by atoms with van der Waals surface area (Å²) in [6.07, 6.45) is 4.60. The molecule has 2 aromatic carbocycles. The molecule has 3 aromatic rings. The molecule has 9 heteroatoms. The summed E-state index contributed by atoms with van der Waals surface area (Å²) in [6, 6.07) is 16.1. The van der Waals surface area contributed by atoms with E-state index in [2.05, 4.69) is 10.4 Å². The number of benzene rings is 2. The second-order valence-corrected chi connectivity index (χ2v) is 9.63. The third-order valence-electron chi connectivity index (χ3n) is 5.69. The monoisotopic (exact) mass is 454 g/mol. The minimum atomic E-state index is -3.58. The molecule has 168 valence electrons. The number of piperidine rings is 1. The predicted molar refractivity (Wildman–Crippen MR) is 120 cm³/mol. The van der Waals surface area contributed by atoms with E-state index in [1.807, 2.05) is 36.5 Å². The summed E-state index contributed by atoms with van der Waals surface area (Å²) < 4.78 is 34.0. The van der Waals surface area contributed by atoms with E-state index >= 15 is 0 Å². The molecule has 1 amide bonds. The Kier molecular flexibility index (Phi) is 6.57. The van der Waals surface area contributed by atoms with Gasteiger partial charge in [0.1, 0.15) is 5.75 Å². The number of ether oxygens (including phenoxy) is 1. The van der Waals surface area contributed by atoms with Crippen LogP contribution in [0.3, 0.4) is 0 Å². The molecule has 0 radical (unpaired) electrons. The molecule has 1 saturated heterocycles. The maximum absolute atomic E-state index is 12.9. The maximum atomic E-state index is 12.9. The van der Waals surface area contributed by atoms with Gasteiger partial charge in [-0.3, -0.25) is 4.79 Å². The quantitative estimate of drug-likeness (QED) is 0.592. The second kappa shape index (κ2) is 9.54. The number of rotatable bonds is 7. The fourth-order valence-corrected chi connectivity index (χ4v) is 5.25. The Labute approximate surface area is 187 Å². The zero-order chi connectivity index (χ0) is 22.6. The minimum Gasteiger partial charge on any atom is -0.497 e. The zero-order valence-electron chi connectivity index (χ0n) is 17.8. The van der Waals surface area contributed by atoms with Gasteiger partial charge in [0.25, 0.3) is 0 Å². The van der Waals surface area contributed by atoms with Crippen LogP contribution < -0.4 is 10.1 Å². The average Bonchev–Trinajstić information content (AvgIpc) is 3.38.